The maximum atomic E-state index is 12.1. The zero-order chi connectivity index (χ0) is 28.1. The predicted octanol–water partition coefficient (Wildman–Crippen LogP) is 7.21. The molecule has 0 spiro atoms. The van der Waals surface area contributed by atoms with Crippen molar-refractivity contribution >= 4 is 29.1 Å². The number of esters is 1. The van der Waals surface area contributed by atoms with E-state index in [0.717, 1.165) is 6.07 Å². The summed E-state index contributed by atoms with van der Waals surface area (Å²) < 4.78 is 52.3. The van der Waals surface area contributed by atoms with Crippen molar-refractivity contribution in [2.24, 2.45) is 10.7 Å². The molecule has 7 nitrogen and oxygen atoms in total. The average molecular weight is 549 g/mol. The van der Waals surface area contributed by atoms with Crippen LogP contribution in [0.25, 0.3) is 0 Å². The van der Waals surface area contributed by atoms with Gasteiger partial charge in [-0.3, -0.25) is 0 Å². The van der Waals surface area contributed by atoms with Crippen LogP contribution in [-0.4, -0.2) is 22.7 Å². The van der Waals surface area contributed by atoms with Crippen LogP contribution in [0.2, 0.25) is 5.02 Å². The number of carbonyl (C=O) groups is 1. The number of halogens is 4. The molecule has 11 heteroatoms. The fourth-order valence-electron chi connectivity index (χ4n) is 3.15. The first-order valence-corrected chi connectivity index (χ1v) is 11.5. The molecule has 0 saturated carbocycles. The topological polar surface area (TPSA) is 103 Å². The molecular weight excluding hydrogens is 525 g/mol. The molecular formula is C27H24ClF3N2O5. The van der Waals surface area contributed by atoms with Gasteiger partial charge >= 0.3 is 12.1 Å². The molecule has 0 amide bonds. The first kappa shape index (κ1) is 28.4. The summed E-state index contributed by atoms with van der Waals surface area (Å²) in [5.74, 6) is -1.55. The molecule has 0 aromatic heterocycles. The molecule has 0 saturated heterocycles. The molecule has 0 radical (unpaired) electrons. The number of nitrogens with zero attached hydrogens (tertiary/aromatic N) is 1. The number of aliphatic imine (C=N–C) groups is 1. The van der Waals surface area contributed by atoms with Gasteiger partial charge in [-0.15, -0.1) is 0 Å². The summed E-state index contributed by atoms with van der Waals surface area (Å²) >= 11 is 5.36. The SMILES string of the molecule is CC1(C)OC(=O)C(C(N)=Nc2ccc(Oc3ccccc3)cc2)=C(O)O1.Cc1ccc(Cl)c(C(F)(F)F)c1. The van der Waals surface area contributed by atoms with Crippen molar-refractivity contribution in [1.29, 1.82) is 0 Å². The minimum absolute atomic E-state index is 0.209. The number of alkyl halides is 3. The zero-order valence-corrected chi connectivity index (χ0v) is 21.3. The highest BCUT2D eigenvalue weighted by Gasteiger charge is 2.38. The van der Waals surface area contributed by atoms with Gasteiger partial charge < -0.3 is 25.1 Å². The fourth-order valence-corrected chi connectivity index (χ4v) is 3.37. The van der Waals surface area contributed by atoms with E-state index in [1.807, 2.05) is 30.3 Å². The monoisotopic (exact) mass is 548 g/mol. The molecule has 0 atom stereocenters. The summed E-state index contributed by atoms with van der Waals surface area (Å²) in [6.07, 6.45) is -4.36. The number of cyclic esters (lactones) is 1. The van der Waals surface area contributed by atoms with Gasteiger partial charge in [0.1, 0.15) is 17.3 Å². The Morgan fingerprint density at radius 2 is 1.61 bits per heavy atom. The fraction of sp³-hybridized carbons (Fsp3) is 0.185. The quantitative estimate of drug-likeness (QED) is 0.203. The average Bonchev–Trinajstić information content (AvgIpc) is 2.81. The van der Waals surface area contributed by atoms with Gasteiger partial charge in [0.25, 0.3) is 11.7 Å². The molecule has 3 N–H and O–H groups in total. The Labute approximate surface area is 221 Å². The molecule has 38 heavy (non-hydrogen) atoms. The molecule has 1 aliphatic rings. The molecule has 3 aromatic carbocycles. The number of aryl methyl sites for hydroxylation is 1. The standard InChI is InChI=1S/C19H18N2O5.C8H6ClF3/c1-19(2)25-17(22)15(18(23)26-19)16(20)21-12-8-10-14(11-9-12)24-13-6-4-3-5-7-13;1-5-2-3-7(9)6(4-5)8(10,11)12/h3-11,22H,1-2H3,(H2,20,21);2-4H,1H3. The van der Waals surface area contributed by atoms with Gasteiger partial charge in [-0.25, -0.2) is 9.79 Å². The lowest BCUT2D eigenvalue weighted by Gasteiger charge is -2.30. The molecule has 4 rings (SSSR count). The van der Waals surface area contributed by atoms with Gasteiger partial charge in [0.05, 0.1) is 16.3 Å². The van der Waals surface area contributed by atoms with E-state index in [1.54, 1.807) is 31.2 Å². The Hall–Kier alpha value is -4.18. The third-order valence-corrected chi connectivity index (χ3v) is 5.18. The summed E-state index contributed by atoms with van der Waals surface area (Å²) in [4.78, 5) is 16.1. The molecule has 0 aliphatic carbocycles. The smallest absolute Gasteiger partial charge is 0.417 e. The third-order valence-electron chi connectivity index (χ3n) is 4.85. The maximum Gasteiger partial charge on any atom is 0.417 e. The number of nitrogens with two attached hydrogens (primary N) is 1. The number of aliphatic hydroxyl groups is 1. The first-order chi connectivity index (χ1) is 17.7. The number of carbonyl (C=O) groups excluding carboxylic acids is 1. The number of amidine groups is 1. The number of hydrogen-bond acceptors (Lipinski definition) is 6. The lowest BCUT2D eigenvalue weighted by atomic mass is 10.1. The Bertz CT molecular complexity index is 1360. The Morgan fingerprint density at radius 3 is 2.16 bits per heavy atom. The van der Waals surface area contributed by atoms with Crippen molar-refractivity contribution in [3.63, 3.8) is 0 Å². The van der Waals surface area contributed by atoms with E-state index in [9.17, 15) is 23.1 Å². The van der Waals surface area contributed by atoms with Gasteiger partial charge in [0.15, 0.2) is 5.57 Å². The van der Waals surface area contributed by atoms with E-state index in [2.05, 4.69) is 4.99 Å². The van der Waals surface area contributed by atoms with Crippen LogP contribution in [0.3, 0.4) is 0 Å². The molecule has 3 aromatic rings. The van der Waals surface area contributed by atoms with Crippen LogP contribution in [-0.2, 0) is 20.4 Å². The number of ether oxygens (including phenoxy) is 3. The second kappa shape index (κ2) is 11.5. The van der Waals surface area contributed by atoms with Crippen LogP contribution >= 0.6 is 11.6 Å². The second-order valence-electron chi connectivity index (χ2n) is 8.46. The van der Waals surface area contributed by atoms with Crippen LogP contribution in [0.5, 0.6) is 11.5 Å². The number of rotatable bonds is 4. The lowest BCUT2D eigenvalue weighted by molar-refractivity contribution is -0.220. The van der Waals surface area contributed by atoms with Crippen molar-refractivity contribution in [3.8, 4) is 11.5 Å². The van der Waals surface area contributed by atoms with Gasteiger partial charge in [-0.05, 0) is 55.5 Å². The Balaban J connectivity index is 0.000000279. The van der Waals surface area contributed by atoms with Crippen LogP contribution in [0.1, 0.15) is 25.0 Å². The van der Waals surface area contributed by atoms with E-state index in [-0.39, 0.29) is 16.4 Å². The minimum Gasteiger partial charge on any atom is -0.480 e. The normalized spacial score (nSPS) is 15.1. The highest BCUT2D eigenvalue weighted by atomic mass is 35.5. The van der Waals surface area contributed by atoms with Crippen molar-refractivity contribution < 1.29 is 37.3 Å². The van der Waals surface area contributed by atoms with Crippen LogP contribution < -0.4 is 10.5 Å². The van der Waals surface area contributed by atoms with Gasteiger partial charge in [-0.2, -0.15) is 13.2 Å². The third kappa shape index (κ3) is 7.66. The van der Waals surface area contributed by atoms with Crippen molar-refractivity contribution in [1.82, 2.24) is 0 Å². The summed E-state index contributed by atoms with van der Waals surface area (Å²) in [5, 5.41) is 9.65. The minimum atomic E-state index is -4.36. The number of hydrogen-bond donors (Lipinski definition) is 2. The second-order valence-corrected chi connectivity index (χ2v) is 8.87. The number of benzene rings is 3. The van der Waals surface area contributed by atoms with Crippen molar-refractivity contribution in [2.45, 2.75) is 32.7 Å². The van der Waals surface area contributed by atoms with Crippen LogP contribution in [0.4, 0.5) is 18.9 Å². The highest BCUT2D eigenvalue weighted by Crippen LogP contribution is 2.35. The van der Waals surface area contributed by atoms with Crippen molar-refractivity contribution in [2.75, 3.05) is 0 Å². The molecule has 0 fully saturated rings. The Morgan fingerprint density at radius 1 is 1.00 bits per heavy atom. The molecule has 0 unspecified atom stereocenters. The van der Waals surface area contributed by atoms with E-state index < -0.39 is 29.4 Å². The van der Waals surface area contributed by atoms with Crippen LogP contribution in [0.15, 0.2) is 89.3 Å². The molecule has 0 bridgehead atoms. The van der Waals surface area contributed by atoms with E-state index >= 15 is 0 Å². The Kier molecular flexibility index (Phi) is 8.57. The zero-order valence-electron chi connectivity index (χ0n) is 20.5. The first-order valence-electron chi connectivity index (χ1n) is 11.1. The van der Waals surface area contributed by atoms with Crippen molar-refractivity contribution in [3.05, 3.63) is 100 Å². The van der Waals surface area contributed by atoms with E-state index in [4.69, 9.17) is 31.5 Å². The summed E-state index contributed by atoms with van der Waals surface area (Å²) in [6, 6.07) is 19.9. The van der Waals surface area contributed by atoms with E-state index in [1.165, 1.54) is 26.0 Å². The largest absolute Gasteiger partial charge is 0.480 e. The van der Waals surface area contributed by atoms with E-state index in [0.29, 0.717) is 22.7 Å². The lowest BCUT2D eigenvalue weighted by Crippen LogP contribution is -2.40. The maximum absolute atomic E-state index is 12.1. The number of para-hydroxylation sites is 1. The summed E-state index contributed by atoms with van der Waals surface area (Å²) in [5.41, 5.74) is 5.77. The predicted molar refractivity (Wildman–Crippen MR) is 136 cm³/mol. The van der Waals surface area contributed by atoms with Crippen LogP contribution in [0, 0.1) is 6.92 Å². The highest BCUT2D eigenvalue weighted by molar-refractivity contribution is 6.31. The molecule has 1 aliphatic heterocycles. The molecule has 1 heterocycles. The van der Waals surface area contributed by atoms with Gasteiger partial charge in [-0.1, -0.05) is 41.4 Å². The van der Waals surface area contributed by atoms with Gasteiger partial charge in [0.2, 0.25) is 0 Å². The van der Waals surface area contributed by atoms with Gasteiger partial charge in [0, 0.05) is 13.8 Å². The number of aliphatic hydroxyl groups excluding tert-OH is 1. The molecule has 200 valence electrons. The summed E-state index contributed by atoms with van der Waals surface area (Å²) in [7, 11) is 0. The summed E-state index contributed by atoms with van der Waals surface area (Å²) in [6.45, 7) is 4.58.